The number of pyridine rings is 1. The molecule has 4 aromatic rings. The first-order chi connectivity index (χ1) is 14.5. The Kier molecular flexibility index (Phi) is 5.11. The van der Waals surface area contributed by atoms with Crippen LogP contribution in [-0.4, -0.2) is 15.2 Å². The maximum atomic E-state index is 15.2. The molecule has 0 unspecified atom stereocenters. The lowest BCUT2D eigenvalue weighted by atomic mass is 10.0. The quantitative estimate of drug-likeness (QED) is 0.467. The zero-order chi connectivity index (χ0) is 21.3. The SMILES string of the molecule is Cc1ccc(Cc2[nH]nc3ncccc23)c(F)c1Oc1ccc(C(F)F)c(C#N)c1. The van der Waals surface area contributed by atoms with E-state index in [1.165, 1.54) is 12.1 Å². The molecule has 0 spiro atoms. The van der Waals surface area contributed by atoms with Crippen LogP contribution in [0.5, 0.6) is 11.5 Å². The van der Waals surface area contributed by atoms with E-state index < -0.39 is 17.8 Å². The third kappa shape index (κ3) is 3.57. The Morgan fingerprint density at radius 3 is 2.80 bits per heavy atom. The summed E-state index contributed by atoms with van der Waals surface area (Å²) in [5, 5.41) is 16.9. The number of aromatic nitrogens is 3. The largest absolute Gasteiger partial charge is 0.454 e. The smallest absolute Gasteiger partial charge is 0.265 e. The predicted octanol–water partition coefficient (Wildman–Crippen LogP) is 5.60. The van der Waals surface area contributed by atoms with Crippen LogP contribution in [0.1, 0.15) is 34.4 Å². The molecule has 2 aromatic heterocycles. The number of H-pyrrole nitrogens is 1. The van der Waals surface area contributed by atoms with Crippen molar-refractivity contribution in [3.8, 4) is 17.6 Å². The summed E-state index contributed by atoms with van der Waals surface area (Å²) in [5.41, 5.74) is 1.54. The summed E-state index contributed by atoms with van der Waals surface area (Å²) in [4.78, 5) is 4.15. The maximum Gasteiger partial charge on any atom is 0.265 e. The van der Waals surface area contributed by atoms with Gasteiger partial charge in [0, 0.05) is 29.3 Å². The zero-order valence-corrected chi connectivity index (χ0v) is 15.8. The number of hydrogen-bond donors (Lipinski definition) is 1. The lowest BCUT2D eigenvalue weighted by Crippen LogP contribution is -2.00. The second-order valence-corrected chi connectivity index (χ2v) is 6.70. The molecular weight excluding hydrogens is 393 g/mol. The molecule has 0 atom stereocenters. The van der Waals surface area contributed by atoms with Gasteiger partial charge < -0.3 is 4.74 Å². The minimum absolute atomic E-state index is 0.0249. The number of rotatable bonds is 5. The first-order valence-electron chi connectivity index (χ1n) is 9.04. The fourth-order valence-electron chi connectivity index (χ4n) is 3.19. The lowest BCUT2D eigenvalue weighted by Gasteiger charge is -2.14. The van der Waals surface area contributed by atoms with E-state index in [0.29, 0.717) is 22.5 Å². The van der Waals surface area contributed by atoms with Crippen LogP contribution in [0.3, 0.4) is 0 Å². The van der Waals surface area contributed by atoms with Gasteiger partial charge in [0.2, 0.25) is 0 Å². The van der Waals surface area contributed by atoms with Gasteiger partial charge in [-0.25, -0.2) is 18.2 Å². The van der Waals surface area contributed by atoms with Crippen molar-refractivity contribution in [2.24, 2.45) is 0 Å². The van der Waals surface area contributed by atoms with Crippen LogP contribution in [-0.2, 0) is 6.42 Å². The fraction of sp³-hybridized carbons (Fsp3) is 0.136. The molecule has 1 N–H and O–H groups in total. The van der Waals surface area contributed by atoms with Crippen LogP contribution < -0.4 is 4.74 Å². The van der Waals surface area contributed by atoms with E-state index in [2.05, 4.69) is 15.2 Å². The van der Waals surface area contributed by atoms with Gasteiger partial charge in [-0.15, -0.1) is 0 Å². The molecule has 0 saturated heterocycles. The Bertz CT molecular complexity index is 1280. The van der Waals surface area contributed by atoms with Crippen molar-refractivity contribution < 1.29 is 17.9 Å². The number of ether oxygens (including phenoxy) is 1. The summed E-state index contributed by atoms with van der Waals surface area (Å²) in [6.45, 7) is 1.68. The van der Waals surface area contributed by atoms with Gasteiger partial charge in [0.1, 0.15) is 5.75 Å². The van der Waals surface area contributed by atoms with Crippen LogP contribution in [0, 0.1) is 24.1 Å². The summed E-state index contributed by atoms with van der Waals surface area (Å²) in [6.07, 6.45) is -0.923. The minimum Gasteiger partial charge on any atom is -0.454 e. The lowest BCUT2D eigenvalue weighted by molar-refractivity contribution is 0.151. The molecule has 150 valence electrons. The van der Waals surface area contributed by atoms with Crippen LogP contribution >= 0.6 is 0 Å². The molecule has 0 aliphatic rings. The molecule has 5 nitrogen and oxygen atoms in total. The highest BCUT2D eigenvalue weighted by molar-refractivity contribution is 5.77. The molecule has 0 saturated carbocycles. The number of alkyl halides is 2. The molecule has 0 bridgehead atoms. The number of nitriles is 1. The van der Waals surface area contributed by atoms with E-state index in [-0.39, 0.29) is 23.5 Å². The highest BCUT2D eigenvalue weighted by atomic mass is 19.3. The van der Waals surface area contributed by atoms with Crippen molar-refractivity contribution in [1.82, 2.24) is 15.2 Å². The van der Waals surface area contributed by atoms with Crippen molar-refractivity contribution in [3.63, 3.8) is 0 Å². The third-order valence-corrected chi connectivity index (χ3v) is 4.75. The average molecular weight is 408 g/mol. The van der Waals surface area contributed by atoms with Crippen molar-refractivity contribution >= 4 is 11.0 Å². The number of nitrogens with zero attached hydrogens (tertiary/aromatic N) is 3. The molecule has 0 radical (unpaired) electrons. The topological polar surface area (TPSA) is 74.6 Å². The van der Waals surface area contributed by atoms with Crippen molar-refractivity contribution in [3.05, 3.63) is 82.4 Å². The standard InChI is InChI=1S/C22H15F3N4O/c1-12-4-5-13(10-18-17-3-2-8-27-22(17)29-28-18)19(23)20(12)30-15-6-7-16(21(24)25)14(9-15)11-26/h2-9,21H,10H2,1H3,(H,27,28,29). The number of nitrogens with one attached hydrogen (secondary N) is 1. The molecular formula is C22H15F3N4O. The summed E-state index contributed by atoms with van der Waals surface area (Å²) < 4.78 is 46.9. The van der Waals surface area contributed by atoms with Gasteiger partial charge >= 0.3 is 0 Å². The molecule has 2 heterocycles. The minimum atomic E-state index is -2.78. The Labute approximate surface area is 169 Å². The number of halogens is 3. The molecule has 30 heavy (non-hydrogen) atoms. The van der Waals surface area contributed by atoms with E-state index >= 15 is 4.39 Å². The van der Waals surface area contributed by atoms with Gasteiger partial charge in [0.25, 0.3) is 6.43 Å². The monoisotopic (exact) mass is 408 g/mol. The van der Waals surface area contributed by atoms with Crippen LogP contribution in [0.15, 0.2) is 48.7 Å². The second kappa shape index (κ2) is 7.87. The number of benzene rings is 2. The van der Waals surface area contributed by atoms with E-state index in [0.717, 1.165) is 11.5 Å². The second-order valence-electron chi connectivity index (χ2n) is 6.70. The van der Waals surface area contributed by atoms with Crippen molar-refractivity contribution in [2.75, 3.05) is 0 Å². The number of hydrogen-bond acceptors (Lipinski definition) is 4. The maximum absolute atomic E-state index is 15.2. The Morgan fingerprint density at radius 2 is 2.03 bits per heavy atom. The Morgan fingerprint density at radius 1 is 1.20 bits per heavy atom. The van der Waals surface area contributed by atoms with Crippen LogP contribution in [0.2, 0.25) is 0 Å². The van der Waals surface area contributed by atoms with E-state index in [9.17, 15) is 8.78 Å². The van der Waals surface area contributed by atoms with Gasteiger partial charge in [-0.05, 0) is 48.4 Å². The summed E-state index contributed by atoms with van der Waals surface area (Å²) in [6, 6.07) is 12.3. The van der Waals surface area contributed by atoms with Gasteiger partial charge in [0.15, 0.2) is 17.2 Å². The highest BCUT2D eigenvalue weighted by Gasteiger charge is 2.18. The first-order valence-corrected chi connectivity index (χ1v) is 9.04. The van der Waals surface area contributed by atoms with E-state index in [4.69, 9.17) is 10.00 Å². The highest BCUT2D eigenvalue weighted by Crippen LogP contribution is 2.33. The summed E-state index contributed by atoms with van der Waals surface area (Å²) in [7, 11) is 0. The fourth-order valence-corrected chi connectivity index (χ4v) is 3.19. The molecule has 4 rings (SSSR count). The average Bonchev–Trinajstić information content (AvgIpc) is 3.15. The van der Waals surface area contributed by atoms with Crippen LogP contribution in [0.25, 0.3) is 11.0 Å². The van der Waals surface area contributed by atoms with Crippen molar-refractivity contribution in [2.45, 2.75) is 19.8 Å². The zero-order valence-electron chi connectivity index (χ0n) is 15.8. The van der Waals surface area contributed by atoms with Crippen molar-refractivity contribution in [1.29, 1.82) is 5.26 Å². The van der Waals surface area contributed by atoms with Gasteiger partial charge in [-0.3, -0.25) is 5.10 Å². The van der Waals surface area contributed by atoms with E-state index in [1.54, 1.807) is 37.4 Å². The Hall–Kier alpha value is -3.86. The number of fused-ring (bicyclic) bond motifs is 1. The van der Waals surface area contributed by atoms with Gasteiger partial charge in [-0.2, -0.15) is 10.4 Å². The van der Waals surface area contributed by atoms with Gasteiger partial charge in [0.05, 0.1) is 11.6 Å². The van der Waals surface area contributed by atoms with E-state index in [1.807, 2.05) is 6.07 Å². The summed E-state index contributed by atoms with van der Waals surface area (Å²) in [5.74, 6) is -0.493. The Balaban J connectivity index is 1.68. The molecule has 0 aliphatic heterocycles. The van der Waals surface area contributed by atoms with Crippen LogP contribution in [0.4, 0.5) is 13.2 Å². The number of aryl methyl sites for hydroxylation is 1. The first kappa shape index (κ1) is 19.5. The molecule has 0 fully saturated rings. The van der Waals surface area contributed by atoms with Gasteiger partial charge in [-0.1, -0.05) is 12.1 Å². The normalized spacial score (nSPS) is 11.1. The predicted molar refractivity (Wildman–Crippen MR) is 104 cm³/mol. The molecule has 0 aliphatic carbocycles. The molecule has 0 amide bonds. The molecule has 8 heteroatoms. The third-order valence-electron chi connectivity index (χ3n) is 4.75. The molecule has 2 aromatic carbocycles. The number of aromatic amines is 1. The summed E-state index contributed by atoms with van der Waals surface area (Å²) >= 11 is 0.